The summed E-state index contributed by atoms with van der Waals surface area (Å²) in [5.74, 6) is 1.46. The molecule has 1 aromatic rings. The molecule has 0 radical (unpaired) electrons. The van der Waals surface area contributed by atoms with Gasteiger partial charge in [-0.05, 0) is 24.2 Å². The molecule has 0 aromatic carbocycles. The fourth-order valence-electron chi connectivity index (χ4n) is 2.16. The molecule has 1 heterocycles. The van der Waals surface area contributed by atoms with Gasteiger partial charge in [0.15, 0.2) is 0 Å². The van der Waals surface area contributed by atoms with Gasteiger partial charge in [-0.1, -0.05) is 20.8 Å². The molecule has 1 aromatic heterocycles. The fourth-order valence-corrected chi connectivity index (χ4v) is 2.16. The lowest BCUT2D eigenvalue weighted by Gasteiger charge is -2.32. The Kier molecular flexibility index (Phi) is 2.05. The number of rotatable bonds is 0. The van der Waals surface area contributed by atoms with E-state index in [9.17, 15) is 4.79 Å². The summed E-state index contributed by atoms with van der Waals surface area (Å²) in [4.78, 5) is 11.4. The second kappa shape index (κ2) is 3.01. The van der Waals surface area contributed by atoms with Crippen LogP contribution in [0.15, 0.2) is 9.32 Å². The van der Waals surface area contributed by atoms with Crippen LogP contribution in [0.3, 0.4) is 0 Å². The highest BCUT2D eigenvalue weighted by Crippen LogP contribution is 2.35. The van der Waals surface area contributed by atoms with Crippen molar-refractivity contribution in [2.24, 2.45) is 11.3 Å². The molecule has 1 aliphatic rings. The summed E-state index contributed by atoms with van der Waals surface area (Å²) in [6.07, 6.45) is 2.89. The van der Waals surface area contributed by atoms with Crippen molar-refractivity contribution in [3.05, 3.63) is 21.7 Å². The summed E-state index contributed by atoms with van der Waals surface area (Å²) in [5.41, 5.74) is 1.12. The van der Waals surface area contributed by atoms with Crippen molar-refractivity contribution in [1.82, 2.24) is 5.16 Å². The zero-order valence-corrected chi connectivity index (χ0v) is 9.02. The zero-order chi connectivity index (χ0) is 10.3. The first-order chi connectivity index (χ1) is 6.48. The van der Waals surface area contributed by atoms with Crippen LogP contribution in [0, 0.1) is 11.3 Å². The van der Waals surface area contributed by atoms with Gasteiger partial charge in [-0.3, -0.25) is 4.79 Å². The number of nitrogens with one attached hydrogen (secondary N) is 1. The lowest BCUT2D eigenvalue weighted by atomic mass is 9.72. The highest BCUT2D eigenvalue weighted by molar-refractivity contribution is 5.18. The Balaban J connectivity index is 2.29. The van der Waals surface area contributed by atoms with E-state index in [0.717, 1.165) is 30.6 Å². The molecule has 0 saturated heterocycles. The summed E-state index contributed by atoms with van der Waals surface area (Å²) in [7, 11) is 0. The third kappa shape index (κ3) is 1.51. The highest BCUT2D eigenvalue weighted by atomic mass is 16.5. The van der Waals surface area contributed by atoms with E-state index >= 15 is 0 Å². The molecule has 0 amide bonds. The first kappa shape index (κ1) is 9.56. The van der Waals surface area contributed by atoms with E-state index in [1.165, 1.54) is 0 Å². The monoisotopic (exact) mass is 195 g/mol. The van der Waals surface area contributed by atoms with Crippen LogP contribution in [0.1, 0.15) is 38.5 Å². The topological polar surface area (TPSA) is 46.0 Å². The van der Waals surface area contributed by atoms with Gasteiger partial charge in [0.1, 0.15) is 5.76 Å². The SMILES string of the molecule is CC(C)(C)[C@@H]1CCc2o[nH]c(=O)c2C1. The average Bonchev–Trinajstić information content (AvgIpc) is 2.46. The Morgan fingerprint density at radius 2 is 2.14 bits per heavy atom. The van der Waals surface area contributed by atoms with E-state index < -0.39 is 0 Å². The minimum Gasteiger partial charge on any atom is -0.383 e. The number of hydrogen-bond donors (Lipinski definition) is 1. The molecule has 78 valence electrons. The van der Waals surface area contributed by atoms with Crippen LogP contribution >= 0.6 is 0 Å². The summed E-state index contributed by atoms with van der Waals surface area (Å²) in [6, 6.07) is 0. The summed E-state index contributed by atoms with van der Waals surface area (Å²) in [5, 5.41) is 2.42. The quantitative estimate of drug-likeness (QED) is 0.689. The predicted octanol–water partition coefficient (Wildman–Crippen LogP) is 2.12. The minimum atomic E-state index is -0.0334. The van der Waals surface area contributed by atoms with Crippen molar-refractivity contribution in [2.45, 2.75) is 40.0 Å². The first-order valence-corrected chi connectivity index (χ1v) is 5.17. The number of H-pyrrole nitrogens is 1. The van der Waals surface area contributed by atoms with E-state index in [2.05, 4.69) is 25.9 Å². The fraction of sp³-hybridized carbons (Fsp3) is 0.727. The number of aromatic amines is 1. The van der Waals surface area contributed by atoms with Crippen LogP contribution in [0.25, 0.3) is 0 Å². The van der Waals surface area contributed by atoms with E-state index in [1.807, 2.05) is 0 Å². The lowest BCUT2D eigenvalue weighted by Crippen LogP contribution is -2.28. The Labute approximate surface area is 83.5 Å². The van der Waals surface area contributed by atoms with Gasteiger partial charge in [0.25, 0.3) is 5.56 Å². The van der Waals surface area contributed by atoms with Gasteiger partial charge in [-0.2, -0.15) is 5.16 Å². The van der Waals surface area contributed by atoms with Crippen molar-refractivity contribution < 1.29 is 4.52 Å². The second-order valence-electron chi connectivity index (χ2n) is 5.24. The maximum absolute atomic E-state index is 11.4. The molecule has 3 nitrogen and oxygen atoms in total. The molecule has 0 bridgehead atoms. The van der Waals surface area contributed by atoms with Gasteiger partial charge in [0.05, 0.1) is 5.56 Å². The molecule has 1 atom stereocenters. The van der Waals surface area contributed by atoms with Gasteiger partial charge >= 0.3 is 0 Å². The molecule has 0 saturated carbocycles. The number of aromatic nitrogens is 1. The molecule has 3 heteroatoms. The van der Waals surface area contributed by atoms with Gasteiger partial charge < -0.3 is 4.52 Å². The summed E-state index contributed by atoms with van der Waals surface area (Å²) in [6.45, 7) is 6.70. The van der Waals surface area contributed by atoms with Crippen LogP contribution in [0.2, 0.25) is 0 Å². The molecule has 0 spiro atoms. The van der Waals surface area contributed by atoms with Gasteiger partial charge in [-0.25, -0.2) is 0 Å². The normalized spacial score (nSPS) is 22.1. The summed E-state index contributed by atoms with van der Waals surface area (Å²) < 4.78 is 5.11. The molecule has 0 aliphatic heterocycles. The largest absolute Gasteiger partial charge is 0.383 e. The molecule has 0 unspecified atom stereocenters. The van der Waals surface area contributed by atoms with Crippen LogP contribution in [-0.2, 0) is 12.8 Å². The Morgan fingerprint density at radius 3 is 2.79 bits per heavy atom. The Bertz CT molecular complexity index is 381. The standard InChI is InChI=1S/C11H17NO2/c1-11(2,3)7-4-5-9-8(6-7)10(13)12-14-9/h7H,4-6H2,1-3H3,(H,12,13)/t7-/m1/s1. The number of hydrogen-bond acceptors (Lipinski definition) is 2. The van der Waals surface area contributed by atoms with E-state index in [4.69, 9.17) is 4.52 Å². The lowest BCUT2D eigenvalue weighted by molar-refractivity contribution is 0.206. The Hall–Kier alpha value is -0.990. The van der Waals surface area contributed by atoms with E-state index in [0.29, 0.717) is 5.92 Å². The average molecular weight is 195 g/mol. The molecule has 1 aliphatic carbocycles. The van der Waals surface area contributed by atoms with Crippen molar-refractivity contribution in [2.75, 3.05) is 0 Å². The second-order valence-corrected chi connectivity index (χ2v) is 5.24. The van der Waals surface area contributed by atoms with Gasteiger partial charge in [0, 0.05) is 6.42 Å². The third-order valence-corrected chi connectivity index (χ3v) is 3.27. The van der Waals surface area contributed by atoms with Crippen molar-refractivity contribution in [1.29, 1.82) is 0 Å². The minimum absolute atomic E-state index is 0.0334. The van der Waals surface area contributed by atoms with Crippen molar-refractivity contribution in [3.63, 3.8) is 0 Å². The Morgan fingerprint density at radius 1 is 1.43 bits per heavy atom. The van der Waals surface area contributed by atoms with Crippen LogP contribution in [0.4, 0.5) is 0 Å². The van der Waals surface area contributed by atoms with Crippen molar-refractivity contribution in [3.8, 4) is 0 Å². The zero-order valence-electron chi connectivity index (χ0n) is 9.02. The summed E-state index contributed by atoms with van der Waals surface area (Å²) >= 11 is 0. The molecule has 1 N–H and O–H groups in total. The van der Waals surface area contributed by atoms with Crippen LogP contribution in [0.5, 0.6) is 0 Å². The van der Waals surface area contributed by atoms with Gasteiger partial charge in [-0.15, -0.1) is 0 Å². The predicted molar refractivity (Wildman–Crippen MR) is 54.3 cm³/mol. The first-order valence-electron chi connectivity index (χ1n) is 5.17. The van der Waals surface area contributed by atoms with E-state index in [-0.39, 0.29) is 11.0 Å². The third-order valence-electron chi connectivity index (χ3n) is 3.27. The highest BCUT2D eigenvalue weighted by Gasteiger charge is 2.31. The van der Waals surface area contributed by atoms with Crippen molar-refractivity contribution >= 4 is 0 Å². The van der Waals surface area contributed by atoms with Gasteiger partial charge in [0.2, 0.25) is 0 Å². The molecule has 0 fully saturated rings. The molecule has 2 rings (SSSR count). The van der Waals surface area contributed by atoms with E-state index in [1.54, 1.807) is 0 Å². The van der Waals surface area contributed by atoms with Crippen LogP contribution in [-0.4, -0.2) is 5.16 Å². The number of fused-ring (bicyclic) bond motifs is 1. The number of aryl methyl sites for hydroxylation is 1. The maximum Gasteiger partial charge on any atom is 0.283 e. The van der Waals surface area contributed by atoms with Crippen LogP contribution < -0.4 is 5.56 Å². The molecule has 14 heavy (non-hydrogen) atoms. The maximum atomic E-state index is 11.4. The smallest absolute Gasteiger partial charge is 0.283 e. The molecular formula is C11H17NO2. The molecular weight excluding hydrogens is 178 g/mol.